The fraction of sp³-hybridized carbons (Fsp3) is 0.706. The number of carbonyl (C=O) groups is 2. The third kappa shape index (κ3) is 4.19. The Hall–Kier alpha value is -2.06. The van der Waals surface area contributed by atoms with Crippen molar-refractivity contribution in [3.8, 4) is 0 Å². The molecule has 144 valence electrons. The number of alkyl halides is 3. The quantitative estimate of drug-likeness (QED) is 0.805. The molecule has 2 fully saturated rings. The molecule has 1 aromatic rings. The highest BCUT2D eigenvalue weighted by Crippen LogP contribution is 2.40. The van der Waals surface area contributed by atoms with Gasteiger partial charge in [0, 0.05) is 19.0 Å². The molecule has 0 unspecified atom stereocenters. The van der Waals surface area contributed by atoms with Crippen molar-refractivity contribution in [3.05, 3.63) is 17.5 Å². The summed E-state index contributed by atoms with van der Waals surface area (Å²) in [4.78, 5) is 24.0. The number of halogens is 3. The lowest BCUT2D eigenvalue weighted by atomic mass is 9.71. The average molecular weight is 372 g/mol. The Labute approximate surface area is 149 Å². The predicted molar refractivity (Wildman–Crippen MR) is 87.2 cm³/mol. The summed E-state index contributed by atoms with van der Waals surface area (Å²) in [5.41, 5.74) is 3.82. The highest BCUT2D eigenvalue weighted by atomic mass is 19.4. The molecule has 0 radical (unpaired) electrons. The molecule has 3 rings (SSSR count). The molecule has 3 N–H and O–H groups in total. The molecule has 2 aliphatic rings. The average Bonchev–Trinajstić information content (AvgIpc) is 3.30. The number of nitrogens with zero attached hydrogens (tertiary/aromatic N) is 2. The van der Waals surface area contributed by atoms with E-state index < -0.39 is 29.1 Å². The van der Waals surface area contributed by atoms with E-state index in [1.807, 2.05) is 0 Å². The Morgan fingerprint density at radius 1 is 1.27 bits per heavy atom. The predicted octanol–water partition coefficient (Wildman–Crippen LogP) is 2.79. The minimum Gasteiger partial charge on any atom is -0.370 e. The SMILES string of the molecule is NC(=O)CC1(CNC(=O)c2cc(C(F)(F)F)nn2C2CC2)CCCCC1. The first-order valence-electron chi connectivity index (χ1n) is 8.93. The van der Waals surface area contributed by atoms with Crippen molar-refractivity contribution < 1.29 is 22.8 Å². The molecular formula is C17H23F3N4O2. The molecule has 0 bridgehead atoms. The van der Waals surface area contributed by atoms with Crippen LogP contribution in [-0.4, -0.2) is 28.1 Å². The van der Waals surface area contributed by atoms with Crippen LogP contribution < -0.4 is 11.1 Å². The van der Waals surface area contributed by atoms with Crippen LogP contribution in [0, 0.1) is 5.41 Å². The number of nitrogens with two attached hydrogens (primary N) is 1. The van der Waals surface area contributed by atoms with Crippen molar-refractivity contribution in [2.45, 2.75) is 63.6 Å². The Balaban J connectivity index is 1.75. The highest BCUT2D eigenvalue weighted by Gasteiger charge is 2.39. The molecule has 1 aromatic heterocycles. The maximum absolute atomic E-state index is 13.0. The summed E-state index contributed by atoms with van der Waals surface area (Å²) < 4.78 is 40.0. The second-order valence-electron chi connectivity index (χ2n) is 7.47. The van der Waals surface area contributed by atoms with Gasteiger partial charge in [-0.25, -0.2) is 0 Å². The number of rotatable bonds is 6. The van der Waals surface area contributed by atoms with Crippen molar-refractivity contribution >= 4 is 11.8 Å². The van der Waals surface area contributed by atoms with Gasteiger partial charge < -0.3 is 11.1 Å². The van der Waals surface area contributed by atoms with Gasteiger partial charge in [0.2, 0.25) is 5.91 Å². The summed E-state index contributed by atoms with van der Waals surface area (Å²) in [6.45, 7) is 0.228. The van der Waals surface area contributed by atoms with Crippen molar-refractivity contribution in [1.82, 2.24) is 15.1 Å². The summed E-state index contributed by atoms with van der Waals surface area (Å²) in [6.07, 6.45) is 1.50. The molecule has 0 spiro atoms. The maximum Gasteiger partial charge on any atom is 0.435 e. The van der Waals surface area contributed by atoms with Crippen LogP contribution in [0.15, 0.2) is 6.07 Å². The highest BCUT2D eigenvalue weighted by molar-refractivity contribution is 5.92. The number of amides is 2. The van der Waals surface area contributed by atoms with E-state index in [2.05, 4.69) is 10.4 Å². The van der Waals surface area contributed by atoms with Crippen LogP contribution in [0.5, 0.6) is 0 Å². The van der Waals surface area contributed by atoms with E-state index in [1.54, 1.807) is 0 Å². The zero-order chi connectivity index (χ0) is 18.9. The number of nitrogens with one attached hydrogen (secondary N) is 1. The Bertz CT molecular complexity index is 689. The van der Waals surface area contributed by atoms with E-state index in [1.165, 1.54) is 4.68 Å². The van der Waals surface area contributed by atoms with Gasteiger partial charge >= 0.3 is 6.18 Å². The molecule has 9 heteroatoms. The van der Waals surface area contributed by atoms with Gasteiger partial charge in [0.15, 0.2) is 5.69 Å². The van der Waals surface area contributed by atoms with Crippen molar-refractivity contribution in [2.24, 2.45) is 11.1 Å². The zero-order valence-electron chi connectivity index (χ0n) is 14.4. The van der Waals surface area contributed by atoms with Gasteiger partial charge in [0.25, 0.3) is 5.91 Å². The normalized spacial score (nSPS) is 20.0. The molecule has 6 nitrogen and oxygen atoms in total. The lowest BCUT2D eigenvalue weighted by Crippen LogP contribution is -2.42. The fourth-order valence-corrected chi connectivity index (χ4v) is 3.75. The molecule has 0 atom stereocenters. The van der Waals surface area contributed by atoms with E-state index in [-0.39, 0.29) is 24.7 Å². The minimum absolute atomic E-state index is 0.0788. The van der Waals surface area contributed by atoms with Crippen LogP contribution in [0.25, 0.3) is 0 Å². The number of hydrogen-bond acceptors (Lipinski definition) is 3. The van der Waals surface area contributed by atoms with Gasteiger partial charge in [-0.2, -0.15) is 18.3 Å². The molecule has 0 saturated heterocycles. The lowest BCUT2D eigenvalue weighted by molar-refractivity contribution is -0.141. The van der Waals surface area contributed by atoms with Gasteiger partial charge in [-0.3, -0.25) is 14.3 Å². The number of carbonyl (C=O) groups excluding carboxylic acids is 2. The van der Waals surface area contributed by atoms with Crippen LogP contribution >= 0.6 is 0 Å². The second kappa shape index (κ2) is 6.92. The number of aromatic nitrogens is 2. The first kappa shape index (κ1) is 18.7. The first-order chi connectivity index (χ1) is 12.2. The van der Waals surface area contributed by atoms with E-state index in [0.717, 1.165) is 38.2 Å². The van der Waals surface area contributed by atoms with Crippen molar-refractivity contribution in [1.29, 1.82) is 0 Å². The maximum atomic E-state index is 13.0. The van der Waals surface area contributed by atoms with E-state index >= 15 is 0 Å². The van der Waals surface area contributed by atoms with Crippen LogP contribution in [0.4, 0.5) is 13.2 Å². The fourth-order valence-electron chi connectivity index (χ4n) is 3.75. The summed E-state index contributed by atoms with van der Waals surface area (Å²) in [5, 5.41) is 6.31. The van der Waals surface area contributed by atoms with Gasteiger partial charge in [0.1, 0.15) is 5.69 Å². The molecule has 2 saturated carbocycles. The second-order valence-corrected chi connectivity index (χ2v) is 7.47. The molecule has 2 aliphatic carbocycles. The molecular weight excluding hydrogens is 349 g/mol. The van der Waals surface area contributed by atoms with Gasteiger partial charge in [-0.05, 0) is 31.1 Å². The molecule has 0 aliphatic heterocycles. The number of hydrogen-bond donors (Lipinski definition) is 2. The first-order valence-corrected chi connectivity index (χ1v) is 8.93. The van der Waals surface area contributed by atoms with Crippen LogP contribution in [-0.2, 0) is 11.0 Å². The van der Waals surface area contributed by atoms with E-state index in [0.29, 0.717) is 12.8 Å². The topological polar surface area (TPSA) is 90.0 Å². The summed E-state index contributed by atoms with van der Waals surface area (Å²) in [7, 11) is 0. The van der Waals surface area contributed by atoms with Gasteiger partial charge in [-0.1, -0.05) is 19.3 Å². The van der Waals surface area contributed by atoms with Crippen LogP contribution in [0.2, 0.25) is 0 Å². The minimum atomic E-state index is -4.59. The smallest absolute Gasteiger partial charge is 0.370 e. The van der Waals surface area contributed by atoms with Crippen LogP contribution in [0.1, 0.15) is 73.6 Å². The third-order valence-corrected chi connectivity index (χ3v) is 5.24. The summed E-state index contributed by atoms with van der Waals surface area (Å²) in [5.74, 6) is -1.02. The van der Waals surface area contributed by atoms with E-state index in [9.17, 15) is 22.8 Å². The zero-order valence-corrected chi connectivity index (χ0v) is 14.4. The molecule has 1 heterocycles. The van der Waals surface area contributed by atoms with Crippen molar-refractivity contribution in [2.75, 3.05) is 6.54 Å². The molecule has 26 heavy (non-hydrogen) atoms. The summed E-state index contributed by atoms with van der Waals surface area (Å²) in [6, 6.07) is 0.649. The van der Waals surface area contributed by atoms with Crippen molar-refractivity contribution in [3.63, 3.8) is 0 Å². The van der Waals surface area contributed by atoms with Gasteiger partial charge in [0.05, 0.1) is 6.04 Å². The largest absolute Gasteiger partial charge is 0.435 e. The Kier molecular flexibility index (Phi) is 4.98. The monoisotopic (exact) mass is 372 g/mol. The standard InChI is InChI=1S/C17H23F3N4O2/c18-17(19,20)13-8-12(24(23-13)11-4-5-11)15(26)22-10-16(9-14(21)25)6-2-1-3-7-16/h8,11H,1-7,9-10H2,(H2,21,25)(H,22,26). The molecule has 2 amide bonds. The van der Waals surface area contributed by atoms with E-state index in [4.69, 9.17) is 5.73 Å². The lowest BCUT2D eigenvalue weighted by Gasteiger charge is -2.36. The molecule has 0 aromatic carbocycles. The Morgan fingerprint density at radius 3 is 2.46 bits per heavy atom. The summed E-state index contributed by atoms with van der Waals surface area (Å²) >= 11 is 0. The van der Waals surface area contributed by atoms with Gasteiger partial charge in [-0.15, -0.1) is 0 Å². The van der Waals surface area contributed by atoms with Crippen LogP contribution in [0.3, 0.4) is 0 Å². The Morgan fingerprint density at radius 2 is 1.92 bits per heavy atom. The third-order valence-electron chi connectivity index (χ3n) is 5.24. The number of primary amides is 1.